The van der Waals surface area contributed by atoms with E-state index in [1.54, 1.807) is 36.2 Å². The minimum atomic E-state index is -1.04. The number of rotatable bonds is 6. The first-order valence-electron chi connectivity index (χ1n) is 8.97. The molecule has 1 aliphatic heterocycles. The highest BCUT2D eigenvalue weighted by molar-refractivity contribution is 5.98. The first kappa shape index (κ1) is 18.2. The Morgan fingerprint density at radius 1 is 1.23 bits per heavy atom. The van der Waals surface area contributed by atoms with Gasteiger partial charge in [-0.05, 0) is 37.1 Å². The Labute approximate surface area is 152 Å². The van der Waals surface area contributed by atoms with Crippen LogP contribution in [-0.2, 0) is 14.4 Å². The van der Waals surface area contributed by atoms with Crippen molar-refractivity contribution in [1.29, 1.82) is 0 Å². The first-order valence-corrected chi connectivity index (χ1v) is 8.97. The van der Waals surface area contributed by atoms with Gasteiger partial charge in [0.1, 0.15) is 5.75 Å². The molecule has 2 aliphatic rings. The van der Waals surface area contributed by atoms with Crippen LogP contribution in [0.25, 0.3) is 0 Å². The number of aliphatic carboxylic acids is 1. The molecule has 0 spiro atoms. The summed E-state index contributed by atoms with van der Waals surface area (Å²) in [6, 6.07) is 6.98. The molecule has 0 aromatic heterocycles. The summed E-state index contributed by atoms with van der Waals surface area (Å²) in [5, 5.41) is 8.62. The van der Waals surface area contributed by atoms with E-state index in [0.29, 0.717) is 24.0 Å². The average molecular weight is 360 g/mol. The molecule has 1 heterocycles. The van der Waals surface area contributed by atoms with Gasteiger partial charge >= 0.3 is 5.97 Å². The maximum Gasteiger partial charge on any atom is 0.341 e. The zero-order valence-electron chi connectivity index (χ0n) is 14.9. The van der Waals surface area contributed by atoms with Crippen LogP contribution in [-0.4, -0.2) is 54.0 Å². The fourth-order valence-corrected chi connectivity index (χ4v) is 3.78. The Balaban J connectivity index is 1.60. The number of likely N-dealkylation sites (tertiary alicyclic amines) is 1. The molecule has 1 saturated carbocycles. The van der Waals surface area contributed by atoms with Crippen molar-refractivity contribution in [2.75, 3.05) is 25.1 Å². The second-order valence-electron chi connectivity index (χ2n) is 6.96. The van der Waals surface area contributed by atoms with Gasteiger partial charge < -0.3 is 19.6 Å². The fraction of sp³-hybridized carbons (Fsp3) is 0.526. The lowest BCUT2D eigenvalue weighted by Crippen LogP contribution is -2.37. The summed E-state index contributed by atoms with van der Waals surface area (Å²) in [5.74, 6) is -0.908. The lowest BCUT2D eigenvalue weighted by atomic mass is 10.1. The third-order valence-corrected chi connectivity index (χ3v) is 5.19. The topological polar surface area (TPSA) is 87.2 Å². The van der Waals surface area contributed by atoms with Crippen molar-refractivity contribution in [1.82, 2.24) is 4.90 Å². The summed E-state index contributed by atoms with van der Waals surface area (Å²) in [7, 11) is 1.69. The standard InChI is InChI=1S/C19H24N2O5/c1-20(14-6-8-16(9-7-14)26-12-18(23)24)19(25)13-10-17(22)21(11-13)15-4-2-3-5-15/h6-9,13,15H,2-5,10-12H2,1H3,(H,23,24). The second-order valence-corrected chi connectivity index (χ2v) is 6.96. The van der Waals surface area contributed by atoms with Crippen molar-refractivity contribution in [3.8, 4) is 5.75 Å². The summed E-state index contributed by atoms with van der Waals surface area (Å²) in [5.41, 5.74) is 0.685. The number of ether oxygens (including phenoxy) is 1. The van der Waals surface area contributed by atoms with Crippen LogP contribution in [0, 0.1) is 5.92 Å². The van der Waals surface area contributed by atoms with Crippen molar-refractivity contribution in [3.63, 3.8) is 0 Å². The highest BCUT2D eigenvalue weighted by Gasteiger charge is 2.39. The molecule has 1 N–H and O–H groups in total. The number of hydrogen-bond acceptors (Lipinski definition) is 4. The van der Waals surface area contributed by atoms with Crippen LogP contribution < -0.4 is 9.64 Å². The average Bonchev–Trinajstić information content (AvgIpc) is 3.28. The molecule has 3 rings (SSSR count). The van der Waals surface area contributed by atoms with Crippen molar-refractivity contribution >= 4 is 23.5 Å². The summed E-state index contributed by atoms with van der Waals surface area (Å²) in [6.07, 6.45) is 4.67. The number of benzene rings is 1. The van der Waals surface area contributed by atoms with Crippen molar-refractivity contribution < 1.29 is 24.2 Å². The molecule has 1 aromatic carbocycles. The molecule has 1 atom stereocenters. The van der Waals surface area contributed by atoms with Gasteiger partial charge in [0.05, 0.1) is 5.92 Å². The largest absolute Gasteiger partial charge is 0.482 e. The van der Waals surface area contributed by atoms with E-state index >= 15 is 0 Å². The Morgan fingerprint density at radius 2 is 1.88 bits per heavy atom. The predicted molar refractivity (Wildman–Crippen MR) is 95.1 cm³/mol. The Hall–Kier alpha value is -2.57. The van der Waals surface area contributed by atoms with Gasteiger partial charge in [-0.2, -0.15) is 0 Å². The van der Waals surface area contributed by atoms with E-state index in [4.69, 9.17) is 9.84 Å². The van der Waals surface area contributed by atoms with Gasteiger partial charge in [0.15, 0.2) is 6.61 Å². The molecule has 26 heavy (non-hydrogen) atoms. The van der Waals surface area contributed by atoms with E-state index in [-0.39, 0.29) is 24.2 Å². The molecular formula is C19H24N2O5. The van der Waals surface area contributed by atoms with Crippen molar-refractivity contribution in [2.24, 2.45) is 5.92 Å². The third kappa shape index (κ3) is 3.98. The van der Waals surface area contributed by atoms with E-state index in [0.717, 1.165) is 25.7 Å². The van der Waals surface area contributed by atoms with Crippen LogP contribution in [0.5, 0.6) is 5.75 Å². The second kappa shape index (κ2) is 7.76. The molecule has 2 fully saturated rings. The molecule has 0 bridgehead atoms. The molecular weight excluding hydrogens is 336 g/mol. The number of carbonyl (C=O) groups excluding carboxylic acids is 2. The molecule has 0 radical (unpaired) electrons. The number of anilines is 1. The smallest absolute Gasteiger partial charge is 0.341 e. The highest BCUT2D eigenvalue weighted by Crippen LogP contribution is 2.31. The van der Waals surface area contributed by atoms with Crippen LogP contribution in [0.1, 0.15) is 32.1 Å². The van der Waals surface area contributed by atoms with Gasteiger partial charge in [-0.1, -0.05) is 12.8 Å². The van der Waals surface area contributed by atoms with Crippen LogP contribution in [0.3, 0.4) is 0 Å². The maximum absolute atomic E-state index is 12.8. The van der Waals surface area contributed by atoms with E-state index in [1.807, 2.05) is 4.90 Å². The minimum absolute atomic E-state index is 0.0712. The number of carboxylic acids is 1. The van der Waals surface area contributed by atoms with Crippen LogP contribution in [0.4, 0.5) is 5.69 Å². The van der Waals surface area contributed by atoms with E-state index in [9.17, 15) is 14.4 Å². The minimum Gasteiger partial charge on any atom is -0.482 e. The lowest BCUT2D eigenvalue weighted by Gasteiger charge is -2.25. The lowest BCUT2D eigenvalue weighted by molar-refractivity contribution is -0.139. The molecule has 2 amide bonds. The molecule has 1 unspecified atom stereocenters. The van der Waals surface area contributed by atoms with Crippen LogP contribution in [0.2, 0.25) is 0 Å². The normalized spacial score (nSPS) is 20.4. The molecule has 1 aliphatic carbocycles. The first-order chi connectivity index (χ1) is 12.5. The summed E-state index contributed by atoms with van der Waals surface area (Å²) in [4.78, 5) is 39.1. The number of carbonyl (C=O) groups is 3. The van der Waals surface area contributed by atoms with Crippen molar-refractivity contribution in [3.05, 3.63) is 24.3 Å². The summed E-state index contributed by atoms with van der Waals surface area (Å²) in [6.45, 7) is 0.0990. The predicted octanol–water partition coefficient (Wildman–Crippen LogP) is 1.90. The summed E-state index contributed by atoms with van der Waals surface area (Å²) < 4.78 is 5.09. The number of carboxylic acid groups (broad SMARTS) is 1. The van der Waals surface area contributed by atoms with Crippen molar-refractivity contribution in [2.45, 2.75) is 38.1 Å². The number of hydrogen-bond donors (Lipinski definition) is 1. The molecule has 1 saturated heterocycles. The maximum atomic E-state index is 12.8. The highest BCUT2D eigenvalue weighted by atomic mass is 16.5. The SMILES string of the molecule is CN(C(=O)C1CC(=O)N(C2CCCC2)C1)c1ccc(OCC(=O)O)cc1. The van der Waals surface area contributed by atoms with E-state index < -0.39 is 12.6 Å². The van der Waals surface area contributed by atoms with Gasteiger partial charge in [-0.15, -0.1) is 0 Å². The van der Waals surface area contributed by atoms with Gasteiger partial charge in [-0.25, -0.2) is 4.79 Å². The van der Waals surface area contributed by atoms with E-state index in [1.165, 1.54) is 0 Å². The number of nitrogens with zero attached hydrogens (tertiary/aromatic N) is 2. The Kier molecular flexibility index (Phi) is 5.44. The Bertz CT molecular complexity index is 682. The summed E-state index contributed by atoms with van der Waals surface area (Å²) >= 11 is 0. The third-order valence-electron chi connectivity index (χ3n) is 5.19. The van der Waals surface area contributed by atoms with E-state index in [2.05, 4.69) is 0 Å². The monoisotopic (exact) mass is 360 g/mol. The quantitative estimate of drug-likeness (QED) is 0.837. The molecule has 7 nitrogen and oxygen atoms in total. The Morgan fingerprint density at radius 3 is 2.50 bits per heavy atom. The van der Waals surface area contributed by atoms with Crippen LogP contribution >= 0.6 is 0 Å². The zero-order valence-corrected chi connectivity index (χ0v) is 14.9. The van der Waals surface area contributed by atoms with Gasteiger partial charge in [-0.3, -0.25) is 9.59 Å². The fourth-order valence-electron chi connectivity index (χ4n) is 3.78. The van der Waals surface area contributed by atoms with Gasteiger partial charge in [0.25, 0.3) is 0 Å². The molecule has 1 aromatic rings. The number of amides is 2. The van der Waals surface area contributed by atoms with Gasteiger partial charge in [0.2, 0.25) is 11.8 Å². The zero-order chi connectivity index (χ0) is 18.7. The van der Waals surface area contributed by atoms with Gasteiger partial charge in [0, 0.05) is 31.7 Å². The molecule has 7 heteroatoms. The molecule has 140 valence electrons. The van der Waals surface area contributed by atoms with Crippen LogP contribution in [0.15, 0.2) is 24.3 Å².